The zero-order valence-electron chi connectivity index (χ0n) is 13.0. The van der Waals surface area contributed by atoms with Gasteiger partial charge in [-0.1, -0.05) is 6.07 Å². The summed E-state index contributed by atoms with van der Waals surface area (Å²) in [5.41, 5.74) is -0.312. The standard InChI is InChI=1S/C16H12BF2NO5/c1-24-11-7-5-10(6-8-11)15(25-17(18)19)9-14(21)12-3-2-4-13(20-12)16(22)23/h2-9H,1H3,(H,22,23)/b15-9-. The summed E-state index contributed by atoms with van der Waals surface area (Å²) in [5.74, 6) is -1.94. The molecule has 2 aromatic rings. The van der Waals surface area contributed by atoms with E-state index in [4.69, 9.17) is 9.84 Å². The molecule has 0 aliphatic heterocycles. The Morgan fingerprint density at radius 2 is 1.76 bits per heavy atom. The summed E-state index contributed by atoms with van der Waals surface area (Å²) in [6.45, 7) is 0. The molecule has 1 heterocycles. The molecule has 0 bridgehead atoms. The lowest BCUT2D eigenvalue weighted by molar-refractivity contribution is 0.0690. The van der Waals surface area contributed by atoms with Crippen LogP contribution in [0.25, 0.3) is 5.76 Å². The molecule has 1 aromatic heterocycles. The first kappa shape index (κ1) is 18.1. The molecule has 0 aliphatic rings. The predicted octanol–water partition coefficient (Wildman–Crippen LogP) is 2.95. The van der Waals surface area contributed by atoms with Gasteiger partial charge in [-0.05, 0) is 36.4 Å². The zero-order chi connectivity index (χ0) is 18.4. The molecular weight excluding hydrogens is 335 g/mol. The molecular formula is C16H12BF2NO5. The average molecular weight is 347 g/mol. The number of pyridine rings is 1. The van der Waals surface area contributed by atoms with Crippen molar-refractivity contribution in [3.63, 3.8) is 0 Å². The van der Waals surface area contributed by atoms with Crippen molar-refractivity contribution in [3.8, 4) is 5.75 Å². The number of aromatic nitrogens is 1. The van der Waals surface area contributed by atoms with E-state index >= 15 is 0 Å². The van der Waals surface area contributed by atoms with Crippen molar-refractivity contribution in [2.45, 2.75) is 0 Å². The SMILES string of the molecule is COc1ccc(/C(=C/C(=O)c2cccc(C(=O)O)n2)OB(F)F)cc1. The highest BCUT2D eigenvalue weighted by atomic mass is 19.2. The van der Waals surface area contributed by atoms with E-state index in [1.807, 2.05) is 0 Å². The van der Waals surface area contributed by atoms with Crippen molar-refractivity contribution in [2.75, 3.05) is 7.11 Å². The molecule has 0 saturated carbocycles. The first-order chi connectivity index (χ1) is 11.9. The van der Waals surface area contributed by atoms with Crippen LogP contribution in [0.15, 0.2) is 48.5 Å². The largest absolute Gasteiger partial charge is 0.796 e. The number of nitrogens with zero attached hydrogens (tertiary/aromatic N) is 1. The van der Waals surface area contributed by atoms with E-state index in [9.17, 15) is 18.2 Å². The highest BCUT2D eigenvalue weighted by Crippen LogP contribution is 2.21. The van der Waals surface area contributed by atoms with Crippen LogP contribution in [0.5, 0.6) is 5.75 Å². The van der Waals surface area contributed by atoms with Crippen molar-refractivity contribution < 1.29 is 32.7 Å². The van der Waals surface area contributed by atoms with E-state index in [1.165, 1.54) is 49.6 Å². The molecule has 6 nitrogen and oxygen atoms in total. The molecule has 1 aromatic carbocycles. The van der Waals surface area contributed by atoms with Gasteiger partial charge < -0.3 is 14.5 Å². The summed E-state index contributed by atoms with van der Waals surface area (Å²) in [6, 6.07) is 9.75. The van der Waals surface area contributed by atoms with Crippen LogP contribution in [0.4, 0.5) is 8.63 Å². The summed E-state index contributed by atoms with van der Waals surface area (Å²) >= 11 is 0. The maximum absolute atomic E-state index is 12.6. The highest BCUT2D eigenvalue weighted by molar-refractivity contribution is 6.36. The number of aromatic carboxylic acids is 1. The van der Waals surface area contributed by atoms with Gasteiger partial charge in [-0.25, -0.2) is 18.4 Å². The Morgan fingerprint density at radius 3 is 2.32 bits per heavy atom. The monoisotopic (exact) mass is 347 g/mol. The van der Waals surface area contributed by atoms with Crippen LogP contribution in [-0.2, 0) is 4.65 Å². The second-order valence-corrected chi connectivity index (χ2v) is 4.69. The van der Waals surface area contributed by atoms with Gasteiger partial charge in [0.1, 0.15) is 22.9 Å². The molecule has 0 aliphatic carbocycles. The highest BCUT2D eigenvalue weighted by Gasteiger charge is 2.22. The number of carboxylic acids is 1. The van der Waals surface area contributed by atoms with E-state index in [2.05, 4.69) is 9.64 Å². The Labute approximate surface area is 141 Å². The van der Waals surface area contributed by atoms with Crippen LogP contribution >= 0.6 is 0 Å². The van der Waals surface area contributed by atoms with Crippen molar-refractivity contribution in [3.05, 3.63) is 65.5 Å². The second kappa shape index (κ2) is 8.05. The number of allylic oxidation sites excluding steroid dienone is 1. The fourth-order valence-corrected chi connectivity index (χ4v) is 1.92. The van der Waals surface area contributed by atoms with Crippen LogP contribution in [0.2, 0.25) is 0 Å². The summed E-state index contributed by atoms with van der Waals surface area (Å²) in [4.78, 5) is 26.8. The number of rotatable bonds is 7. The summed E-state index contributed by atoms with van der Waals surface area (Å²) < 4.78 is 34.7. The molecule has 0 fully saturated rings. The van der Waals surface area contributed by atoms with Crippen LogP contribution in [-0.4, -0.2) is 36.4 Å². The summed E-state index contributed by atoms with van der Waals surface area (Å²) in [7, 11) is -1.69. The number of ether oxygens (including phenoxy) is 1. The number of methoxy groups -OCH3 is 1. The van der Waals surface area contributed by atoms with Crippen molar-refractivity contribution in [1.29, 1.82) is 0 Å². The Hall–Kier alpha value is -3.23. The van der Waals surface area contributed by atoms with E-state index in [0.29, 0.717) is 5.75 Å². The lowest BCUT2D eigenvalue weighted by atomic mass is 10.1. The van der Waals surface area contributed by atoms with Crippen LogP contribution < -0.4 is 4.74 Å². The van der Waals surface area contributed by atoms with Gasteiger partial charge in [-0.15, -0.1) is 0 Å². The molecule has 0 radical (unpaired) electrons. The van der Waals surface area contributed by atoms with E-state index in [0.717, 1.165) is 6.08 Å². The van der Waals surface area contributed by atoms with Crippen molar-refractivity contribution in [2.24, 2.45) is 0 Å². The molecule has 0 saturated heterocycles. The first-order valence-corrected chi connectivity index (χ1v) is 6.96. The van der Waals surface area contributed by atoms with Gasteiger partial charge in [0.15, 0.2) is 0 Å². The molecule has 0 atom stereocenters. The Balaban J connectivity index is 2.37. The van der Waals surface area contributed by atoms with Crippen molar-refractivity contribution in [1.82, 2.24) is 4.98 Å². The van der Waals surface area contributed by atoms with Gasteiger partial charge in [0.2, 0.25) is 5.78 Å². The quantitative estimate of drug-likeness (QED) is 0.359. The Kier molecular flexibility index (Phi) is 5.83. The predicted molar refractivity (Wildman–Crippen MR) is 85.6 cm³/mol. The Bertz CT molecular complexity index is 808. The van der Waals surface area contributed by atoms with Gasteiger partial charge in [-0.3, -0.25) is 4.79 Å². The van der Waals surface area contributed by atoms with Crippen molar-refractivity contribution >= 4 is 25.0 Å². The maximum atomic E-state index is 12.6. The number of benzene rings is 1. The molecule has 0 spiro atoms. The van der Waals surface area contributed by atoms with Crippen LogP contribution in [0.1, 0.15) is 26.5 Å². The molecule has 128 valence electrons. The fourth-order valence-electron chi connectivity index (χ4n) is 1.92. The third-order valence-corrected chi connectivity index (χ3v) is 3.07. The lowest BCUT2D eigenvalue weighted by Crippen LogP contribution is -2.09. The third-order valence-electron chi connectivity index (χ3n) is 3.07. The topological polar surface area (TPSA) is 85.7 Å². The lowest BCUT2D eigenvalue weighted by Gasteiger charge is -2.09. The third kappa shape index (κ3) is 4.87. The summed E-state index contributed by atoms with van der Waals surface area (Å²) in [6.07, 6.45) is 0.835. The van der Waals surface area contributed by atoms with Gasteiger partial charge in [0.05, 0.1) is 7.11 Å². The number of ketones is 1. The first-order valence-electron chi connectivity index (χ1n) is 6.96. The number of carbonyl (C=O) groups excluding carboxylic acids is 1. The molecule has 1 N–H and O–H groups in total. The molecule has 0 amide bonds. The van der Waals surface area contributed by atoms with Gasteiger partial charge in [0, 0.05) is 11.6 Å². The molecule has 0 unspecified atom stereocenters. The normalized spacial score (nSPS) is 10.9. The fraction of sp³-hybridized carbons (Fsp3) is 0.0625. The number of carbonyl (C=O) groups is 2. The van der Waals surface area contributed by atoms with Gasteiger partial charge in [0.25, 0.3) is 0 Å². The zero-order valence-corrected chi connectivity index (χ0v) is 13.0. The number of carboxylic acid groups (broad SMARTS) is 1. The maximum Gasteiger partial charge on any atom is 0.796 e. The number of halogens is 2. The molecule has 2 rings (SSSR count). The Morgan fingerprint density at radius 1 is 1.12 bits per heavy atom. The minimum absolute atomic E-state index is 0.205. The van der Waals surface area contributed by atoms with Gasteiger partial charge >= 0.3 is 13.4 Å². The van der Waals surface area contributed by atoms with E-state index < -0.39 is 19.2 Å². The van der Waals surface area contributed by atoms with E-state index in [-0.39, 0.29) is 22.7 Å². The van der Waals surface area contributed by atoms with E-state index in [1.54, 1.807) is 0 Å². The average Bonchev–Trinajstić information content (AvgIpc) is 2.61. The second-order valence-electron chi connectivity index (χ2n) is 4.69. The smallest absolute Gasteiger partial charge is 0.505 e. The van der Waals surface area contributed by atoms with Crippen LogP contribution in [0, 0.1) is 0 Å². The number of hydrogen-bond donors (Lipinski definition) is 1. The van der Waals surface area contributed by atoms with Gasteiger partial charge in [-0.2, -0.15) is 0 Å². The minimum atomic E-state index is -3.14. The minimum Gasteiger partial charge on any atom is -0.505 e. The molecule has 9 heteroatoms. The number of hydrogen-bond acceptors (Lipinski definition) is 5. The molecule has 25 heavy (non-hydrogen) atoms. The summed E-state index contributed by atoms with van der Waals surface area (Å²) in [5, 5.41) is 8.89. The van der Waals surface area contributed by atoms with Crippen LogP contribution in [0.3, 0.4) is 0 Å².